The molecule has 2 aromatic heterocycles. The fourth-order valence-electron chi connectivity index (χ4n) is 4.15. The lowest BCUT2D eigenvalue weighted by Crippen LogP contribution is -2.21. The molecule has 0 unspecified atom stereocenters. The first-order valence-electron chi connectivity index (χ1n) is 11.7. The third kappa shape index (κ3) is 4.46. The van der Waals surface area contributed by atoms with Crippen LogP contribution in [0.25, 0.3) is 33.4 Å². The average Bonchev–Trinajstić information content (AvgIpc) is 3.38. The Morgan fingerprint density at radius 3 is 2.51 bits per heavy atom. The van der Waals surface area contributed by atoms with Gasteiger partial charge in [0, 0.05) is 16.6 Å². The first-order chi connectivity index (χ1) is 18.2. The predicted octanol–water partition coefficient (Wildman–Crippen LogP) is 6.47. The Balaban J connectivity index is 1.35. The van der Waals surface area contributed by atoms with E-state index < -0.39 is 0 Å². The Morgan fingerprint density at radius 1 is 0.919 bits per heavy atom. The normalized spacial score (nSPS) is 11.6. The number of carbonyl (C=O) groups excluding carboxylic acids is 1. The SMILES string of the molecule is COc1ccccc1N=c1oc2ccccc2cc1C(=O)Nc1ccc(-c2nc3ccccc3[nH]2)cc1. The Labute approximate surface area is 212 Å². The first kappa shape index (κ1) is 22.3. The number of benzene rings is 4. The molecule has 6 rings (SSSR count). The van der Waals surface area contributed by atoms with Gasteiger partial charge in [-0.25, -0.2) is 9.98 Å². The molecule has 37 heavy (non-hydrogen) atoms. The molecule has 7 nitrogen and oxygen atoms in total. The van der Waals surface area contributed by atoms with Crippen molar-refractivity contribution in [2.75, 3.05) is 12.4 Å². The third-order valence-electron chi connectivity index (χ3n) is 6.01. The number of rotatable bonds is 5. The van der Waals surface area contributed by atoms with E-state index in [1.54, 1.807) is 13.2 Å². The maximum Gasteiger partial charge on any atom is 0.261 e. The monoisotopic (exact) mass is 486 g/mol. The number of hydrogen-bond acceptors (Lipinski definition) is 5. The van der Waals surface area contributed by atoms with Crippen LogP contribution in [0.4, 0.5) is 11.4 Å². The summed E-state index contributed by atoms with van der Waals surface area (Å²) in [6.45, 7) is 0. The highest BCUT2D eigenvalue weighted by Gasteiger charge is 2.14. The van der Waals surface area contributed by atoms with Gasteiger partial charge in [-0.15, -0.1) is 0 Å². The highest BCUT2D eigenvalue weighted by Crippen LogP contribution is 2.26. The maximum atomic E-state index is 13.4. The van der Waals surface area contributed by atoms with Gasteiger partial charge in [0.05, 0.1) is 18.1 Å². The molecule has 0 aliphatic rings. The summed E-state index contributed by atoms with van der Waals surface area (Å²) < 4.78 is 11.5. The van der Waals surface area contributed by atoms with Gasteiger partial charge in [0.25, 0.3) is 5.91 Å². The summed E-state index contributed by atoms with van der Waals surface area (Å²) in [7, 11) is 1.58. The first-order valence-corrected chi connectivity index (χ1v) is 11.7. The molecule has 7 heteroatoms. The van der Waals surface area contributed by atoms with Crippen LogP contribution >= 0.6 is 0 Å². The average molecular weight is 487 g/mol. The van der Waals surface area contributed by atoms with E-state index in [4.69, 9.17) is 9.15 Å². The second kappa shape index (κ2) is 9.47. The summed E-state index contributed by atoms with van der Waals surface area (Å²) >= 11 is 0. The van der Waals surface area contributed by atoms with Crippen LogP contribution in [0, 0.1) is 0 Å². The maximum absolute atomic E-state index is 13.4. The van der Waals surface area contributed by atoms with Crippen LogP contribution in [-0.2, 0) is 0 Å². The number of nitrogens with one attached hydrogen (secondary N) is 2. The Hall–Kier alpha value is -5.17. The molecule has 0 aliphatic carbocycles. The second-order valence-electron chi connectivity index (χ2n) is 8.42. The number of ether oxygens (including phenoxy) is 1. The number of hydrogen-bond donors (Lipinski definition) is 2. The van der Waals surface area contributed by atoms with Crippen molar-refractivity contribution >= 4 is 39.3 Å². The van der Waals surface area contributed by atoms with Gasteiger partial charge >= 0.3 is 0 Å². The largest absolute Gasteiger partial charge is 0.494 e. The number of imidazole rings is 1. The second-order valence-corrected chi connectivity index (χ2v) is 8.42. The third-order valence-corrected chi connectivity index (χ3v) is 6.01. The van der Waals surface area contributed by atoms with E-state index in [0.717, 1.165) is 27.8 Å². The number of fused-ring (bicyclic) bond motifs is 2. The van der Waals surface area contributed by atoms with Crippen molar-refractivity contribution in [3.63, 3.8) is 0 Å². The Morgan fingerprint density at radius 2 is 1.68 bits per heavy atom. The molecule has 0 saturated carbocycles. The topological polar surface area (TPSA) is 92.5 Å². The van der Waals surface area contributed by atoms with Gasteiger partial charge < -0.3 is 19.5 Å². The van der Waals surface area contributed by atoms with E-state index in [1.165, 1.54) is 0 Å². The van der Waals surface area contributed by atoms with Gasteiger partial charge in [-0.2, -0.15) is 0 Å². The molecule has 0 atom stereocenters. The van der Waals surface area contributed by atoms with Crippen LogP contribution in [0.1, 0.15) is 10.4 Å². The molecule has 0 aliphatic heterocycles. The Kier molecular flexibility index (Phi) is 5.71. The minimum absolute atomic E-state index is 0.194. The van der Waals surface area contributed by atoms with Crippen molar-refractivity contribution in [3.05, 3.63) is 114 Å². The van der Waals surface area contributed by atoms with Gasteiger partial charge in [-0.3, -0.25) is 4.79 Å². The summed E-state index contributed by atoms with van der Waals surface area (Å²) in [6.07, 6.45) is 0. The van der Waals surface area contributed by atoms with E-state index >= 15 is 0 Å². The van der Waals surface area contributed by atoms with E-state index in [-0.39, 0.29) is 11.5 Å². The molecule has 6 aromatic rings. The summed E-state index contributed by atoms with van der Waals surface area (Å²) in [4.78, 5) is 26.0. The fourth-order valence-corrected chi connectivity index (χ4v) is 4.15. The molecule has 0 saturated heterocycles. The highest BCUT2D eigenvalue weighted by molar-refractivity contribution is 6.05. The Bertz CT molecular complexity index is 1780. The van der Waals surface area contributed by atoms with Crippen molar-refractivity contribution in [2.45, 2.75) is 0 Å². The summed E-state index contributed by atoms with van der Waals surface area (Å²) in [6, 6.07) is 32.0. The van der Waals surface area contributed by atoms with Crippen molar-refractivity contribution in [3.8, 4) is 17.1 Å². The van der Waals surface area contributed by atoms with Crippen LogP contribution in [0.5, 0.6) is 5.75 Å². The minimum Gasteiger partial charge on any atom is -0.494 e. The smallest absolute Gasteiger partial charge is 0.261 e. The molecule has 2 N–H and O–H groups in total. The zero-order chi connectivity index (χ0) is 25.2. The zero-order valence-electron chi connectivity index (χ0n) is 19.9. The lowest BCUT2D eigenvalue weighted by Gasteiger charge is -2.08. The number of amides is 1. The standard InChI is InChI=1S/C30H22N4O3/c1-36-27-13-7-5-11-25(27)34-30-22(18-20-8-2-6-12-26(20)37-30)29(35)31-21-16-14-19(15-17-21)28-32-23-9-3-4-10-24(23)33-28/h2-18H,1H3,(H,31,35)(H,32,33). The predicted molar refractivity (Wildman–Crippen MR) is 144 cm³/mol. The molecule has 0 bridgehead atoms. The minimum atomic E-state index is -0.334. The number of nitrogens with zero attached hydrogens (tertiary/aromatic N) is 2. The highest BCUT2D eigenvalue weighted by atomic mass is 16.5. The quantitative estimate of drug-likeness (QED) is 0.292. The van der Waals surface area contributed by atoms with Gasteiger partial charge in [0.2, 0.25) is 5.55 Å². The number of carbonyl (C=O) groups is 1. The van der Waals surface area contributed by atoms with Gasteiger partial charge in [0.1, 0.15) is 28.4 Å². The zero-order valence-corrected chi connectivity index (χ0v) is 19.9. The van der Waals surface area contributed by atoms with E-state index in [2.05, 4.69) is 20.3 Å². The van der Waals surface area contributed by atoms with E-state index in [9.17, 15) is 4.79 Å². The van der Waals surface area contributed by atoms with Gasteiger partial charge in [0.15, 0.2) is 0 Å². The van der Waals surface area contributed by atoms with Crippen LogP contribution in [0.15, 0.2) is 113 Å². The number of aromatic amines is 1. The summed E-state index contributed by atoms with van der Waals surface area (Å²) in [5, 5.41) is 3.76. The molecule has 1 amide bonds. The van der Waals surface area contributed by atoms with Crippen molar-refractivity contribution in [1.82, 2.24) is 9.97 Å². The fraction of sp³-hybridized carbons (Fsp3) is 0.0333. The number of aromatic nitrogens is 2. The van der Waals surface area contributed by atoms with Crippen LogP contribution in [0.2, 0.25) is 0 Å². The van der Waals surface area contributed by atoms with Crippen LogP contribution < -0.4 is 15.6 Å². The van der Waals surface area contributed by atoms with Crippen molar-refractivity contribution in [1.29, 1.82) is 0 Å². The number of anilines is 1. The number of methoxy groups -OCH3 is 1. The van der Waals surface area contributed by atoms with Gasteiger partial charge in [-0.05, 0) is 60.7 Å². The lowest BCUT2D eigenvalue weighted by molar-refractivity contribution is 0.102. The molecule has 0 fully saturated rings. The van der Waals surface area contributed by atoms with Crippen molar-refractivity contribution < 1.29 is 13.9 Å². The summed E-state index contributed by atoms with van der Waals surface area (Å²) in [5.41, 5.74) is 5.13. The molecule has 2 heterocycles. The van der Waals surface area contributed by atoms with Crippen LogP contribution in [-0.4, -0.2) is 23.0 Å². The molecule has 4 aromatic carbocycles. The number of para-hydroxylation sites is 5. The number of H-pyrrole nitrogens is 1. The van der Waals surface area contributed by atoms with Crippen molar-refractivity contribution in [2.24, 2.45) is 4.99 Å². The summed E-state index contributed by atoms with van der Waals surface area (Å²) in [5.74, 6) is 1.02. The molecular weight excluding hydrogens is 464 g/mol. The van der Waals surface area contributed by atoms with Crippen LogP contribution in [0.3, 0.4) is 0 Å². The molecule has 0 spiro atoms. The van der Waals surface area contributed by atoms with Gasteiger partial charge in [-0.1, -0.05) is 42.5 Å². The van der Waals surface area contributed by atoms with E-state index in [1.807, 2.05) is 97.1 Å². The molecule has 0 radical (unpaired) electrons. The molecule has 180 valence electrons. The lowest BCUT2D eigenvalue weighted by atomic mass is 10.1. The van der Waals surface area contributed by atoms with E-state index in [0.29, 0.717) is 28.3 Å². The molecular formula is C30H22N4O3.